The predicted octanol–water partition coefficient (Wildman–Crippen LogP) is 2.88. The van der Waals surface area contributed by atoms with Crippen molar-refractivity contribution < 1.29 is 4.79 Å². The standard InChI is InChI=1S/C13H18N2O.ClH/c1-10(16)15-13-8-3-2-6-11(13)12-7-4-5-9-14-12;/h2-3,6,8,12,14H,4-5,7,9H2,1H3,(H,15,16);1H/t12-;/m1./s1. The fourth-order valence-electron chi connectivity index (χ4n) is 2.22. The van der Waals surface area contributed by atoms with E-state index in [-0.39, 0.29) is 18.3 Å². The van der Waals surface area contributed by atoms with Crippen LogP contribution in [0.5, 0.6) is 0 Å². The van der Waals surface area contributed by atoms with Crippen LogP contribution in [0.2, 0.25) is 0 Å². The van der Waals surface area contributed by atoms with E-state index in [4.69, 9.17) is 0 Å². The molecule has 4 heteroatoms. The normalized spacial score (nSPS) is 19.2. The van der Waals surface area contributed by atoms with Crippen molar-refractivity contribution in [3.63, 3.8) is 0 Å². The molecule has 1 saturated heterocycles. The van der Waals surface area contributed by atoms with Crippen LogP contribution in [0.15, 0.2) is 24.3 Å². The lowest BCUT2D eigenvalue weighted by atomic mass is 9.96. The molecule has 17 heavy (non-hydrogen) atoms. The summed E-state index contributed by atoms with van der Waals surface area (Å²) in [6, 6.07) is 8.42. The maximum atomic E-state index is 11.1. The van der Waals surface area contributed by atoms with E-state index in [1.807, 2.05) is 18.2 Å². The first-order valence-corrected chi connectivity index (χ1v) is 5.87. The van der Waals surface area contributed by atoms with Crippen LogP contribution in [0.1, 0.15) is 37.8 Å². The van der Waals surface area contributed by atoms with Gasteiger partial charge in [-0.05, 0) is 31.0 Å². The number of rotatable bonds is 2. The topological polar surface area (TPSA) is 41.1 Å². The molecule has 0 saturated carbocycles. The molecule has 1 fully saturated rings. The maximum Gasteiger partial charge on any atom is 0.221 e. The van der Waals surface area contributed by atoms with Gasteiger partial charge in [-0.25, -0.2) is 0 Å². The minimum atomic E-state index is -0.0109. The average molecular weight is 255 g/mol. The van der Waals surface area contributed by atoms with Crippen LogP contribution in [-0.2, 0) is 4.79 Å². The molecule has 1 aliphatic rings. The van der Waals surface area contributed by atoms with Gasteiger partial charge in [0.25, 0.3) is 0 Å². The molecule has 94 valence electrons. The van der Waals surface area contributed by atoms with Crippen LogP contribution < -0.4 is 10.6 Å². The monoisotopic (exact) mass is 254 g/mol. The lowest BCUT2D eigenvalue weighted by Gasteiger charge is -2.25. The van der Waals surface area contributed by atoms with Gasteiger partial charge in [0.1, 0.15) is 0 Å². The zero-order valence-electron chi connectivity index (χ0n) is 10.0. The van der Waals surface area contributed by atoms with Crippen LogP contribution in [0.25, 0.3) is 0 Å². The summed E-state index contributed by atoms with van der Waals surface area (Å²) in [6.45, 7) is 2.62. The van der Waals surface area contributed by atoms with Gasteiger partial charge < -0.3 is 10.6 Å². The number of carbonyl (C=O) groups is 1. The molecule has 0 bridgehead atoms. The second-order valence-electron chi connectivity index (χ2n) is 4.27. The number of hydrogen-bond acceptors (Lipinski definition) is 2. The van der Waals surface area contributed by atoms with Crippen molar-refractivity contribution >= 4 is 24.0 Å². The van der Waals surface area contributed by atoms with Gasteiger partial charge in [-0.1, -0.05) is 24.6 Å². The highest BCUT2D eigenvalue weighted by molar-refractivity contribution is 5.89. The molecule has 2 N–H and O–H groups in total. The number of halogens is 1. The number of nitrogens with one attached hydrogen (secondary N) is 2. The average Bonchev–Trinajstić information content (AvgIpc) is 2.30. The fourth-order valence-corrected chi connectivity index (χ4v) is 2.22. The Morgan fingerprint density at radius 3 is 2.76 bits per heavy atom. The molecule has 0 radical (unpaired) electrons. The van der Waals surface area contributed by atoms with Crippen LogP contribution >= 0.6 is 12.4 Å². The van der Waals surface area contributed by atoms with E-state index in [9.17, 15) is 4.79 Å². The summed E-state index contributed by atoms with van der Waals surface area (Å²) in [7, 11) is 0. The molecule has 1 atom stereocenters. The molecule has 3 nitrogen and oxygen atoms in total. The van der Waals surface area contributed by atoms with E-state index < -0.39 is 0 Å². The number of amides is 1. The summed E-state index contributed by atoms with van der Waals surface area (Å²) in [4.78, 5) is 11.1. The van der Waals surface area contributed by atoms with Crippen LogP contribution in [0.3, 0.4) is 0 Å². The fraction of sp³-hybridized carbons (Fsp3) is 0.462. The van der Waals surface area contributed by atoms with Crippen molar-refractivity contribution in [2.24, 2.45) is 0 Å². The van der Waals surface area contributed by atoms with Gasteiger partial charge in [0.05, 0.1) is 0 Å². The van der Waals surface area contributed by atoms with E-state index in [1.165, 1.54) is 18.4 Å². The quantitative estimate of drug-likeness (QED) is 0.852. The summed E-state index contributed by atoms with van der Waals surface area (Å²) in [5.41, 5.74) is 2.15. The van der Waals surface area contributed by atoms with Crippen LogP contribution in [0.4, 0.5) is 5.69 Å². The number of anilines is 1. The van der Waals surface area contributed by atoms with Crippen molar-refractivity contribution in [3.8, 4) is 0 Å². The molecule has 1 aliphatic heterocycles. The lowest BCUT2D eigenvalue weighted by molar-refractivity contribution is -0.114. The van der Waals surface area contributed by atoms with Gasteiger partial charge in [-0.15, -0.1) is 12.4 Å². The number of piperidine rings is 1. The molecule has 0 unspecified atom stereocenters. The molecule has 1 amide bonds. The molecule has 2 rings (SSSR count). The van der Waals surface area contributed by atoms with Crippen LogP contribution in [0, 0.1) is 0 Å². The molecule has 0 aromatic heterocycles. The molecule has 1 aromatic carbocycles. The van der Waals surface area contributed by atoms with Gasteiger partial charge >= 0.3 is 0 Å². The highest BCUT2D eigenvalue weighted by Crippen LogP contribution is 2.28. The summed E-state index contributed by atoms with van der Waals surface area (Å²) in [6.07, 6.45) is 3.65. The summed E-state index contributed by atoms with van der Waals surface area (Å²) >= 11 is 0. The Balaban J connectivity index is 0.00000144. The number of hydrogen-bond donors (Lipinski definition) is 2. The molecular formula is C13H19ClN2O. The van der Waals surface area contributed by atoms with Crippen molar-refractivity contribution in [2.45, 2.75) is 32.2 Å². The third-order valence-corrected chi connectivity index (χ3v) is 2.96. The first-order chi connectivity index (χ1) is 7.77. The highest BCUT2D eigenvalue weighted by atomic mass is 35.5. The second-order valence-corrected chi connectivity index (χ2v) is 4.27. The van der Waals surface area contributed by atoms with Crippen LogP contribution in [-0.4, -0.2) is 12.5 Å². The molecule has 1 heterocycles. The van der Waals surface area contributed by atoms with E-state index >= 15 is 0 Å². The van der Waals surface area contributed by atoms with Gasteiger partial charge in [0.2, 0.25) is 5.91 Å². The van der Waals surface area contributed by atoms with Gasteiger partial charge in [0, 0.05) is 18.7 Å². The number of para-hydroxylation sites is 1. The first-order valence-electron chi connectivity index (χ1n) is 5.87. The second kappa shape index (κ2) is 6.62. The Kier molecular flexibility index (Phi) is 5.45. The molecule has 0 aliphatic carbocycles. The van der Waals surface area contributed by atoms with Crippen molar-refractivity contribution in [2.75, 3.05) is 11.9 Å². The minimum Gasteiger partial charge on any atom is -0.326 e. The third kappa shape index (κ3) is 3.72. The summed E-state index contributed by atoms with van der Waals surface area (Å²) < 4.78 is 0. The minimum absolute atomic E-state index is 0. The predicted molar refractivity (Wildman–Crippen MR) is 72.6 cm³/mol. The summed E-state index contributed by atoms with van der Waals surface area (Å²) in [5, 5.41) is 6.39. The van der Waals surface area contributed by atoms with E-state index in [2.05, 4.69) is 16.7 Å². The van der Waals surface area contributed by atoms with Crippen molar-refractivity contribution in [1.29, 1.82) is 0 Å². The van der Waals surface area contributed by atoms with E-state index in [1.54, 1.807) is 6.92 Å². The molecule has 1 aromatic rings. The Morgan fingerprint density at radius 2 is 2.12 bits per heavy atom. The maximum absolute atomic E-state index is 11.1. The highest BCUT2D eigenvalue weighted by Gasteiger charge is 2.17. The largest absolute Gasteiger partial charge is 0.326 e. The SMILES string of the molecule is CC(=O)Nc1ccccc1[C@H]1CCCCN1.Cl. The Morgan fingerprint density at radius 1 is 1.35 bits per heavy atom. The third-order valence-electron chi connectivity index (χ3n) is 2.96. The van der Waals surface area contributed by atoms with Gasteiger partial charge in [0.15, 0.2) is 0 Å². The Labute approximate surface area is 108 Å². The van der Waals surface area contributed by atoms with E-state index in [0.29, 0.717) is 6.04 Å². The zero-order valence-corrected chi connectivity index (χ0v) is 10.8. The van der Waals surface area contributed by atoms with Gasteiger partial charge in [-0.2, -0.15) is 0 Å². The number of carbonyl (C=O) groups excluding carboxylic acids is 1. The van der Waals surface area contributed by atoms with Crippen molar-refractivity contribution in [3.05, 3.63) is 29.8 Å². The Hall–Kier alpha value is -1.06. The Bertz CT molecular complexity index is 375. The lowest BCUT2D eigenvalue weighted by Crippen LogP contribution is -2.27. The summed E-state index contributed by atoms with van der Waals surface area (Å²) in [5.74, 6) is -0.0109. The van der Waals surface area contributed by atoms with Crippen molar-refractivity contribution in [1.82, 2.24) is 5.32 Å². The molecule has 0 spiro atoms. The first kappa shape index (κ1) is 14.0. The number of benzene rings is 1. The zero-order chi connectivity index (χ0) is 11.4. The van der Waals surface area contributed by atoms with E-state index in [0.717, 1.165) is 18.7 Å². The smallest absolute Gasteiger partial charge is 0.221 e. The van der Waals surface area contributed by atoms with Gasteiger partial charge in [-0.3, -0.25) is 4.79 Å². The molecular weight excluding hydrogens is 236 g/mol.